The van der Waals surface area contributed by atoms with Crippen molar-refractivity contribution < 1.29 is 9.53 Å². The second kappa shape index (κ2) is 5.80. The van der Waals surface area contributed by atoms with Crippen LogP contribution in [0.25, 0.3) is 0 Å². The number of carbonyl (C=O) groups is 1. The average Bonchev–Trinajstić information content (AvgIpc) is 3.06. The van der Waals surface area contributed by atoms with E-state index in [1.165, 1.54) is 0 Å². The Labute approximate surface area is 141 Å². The molecule has 1 amide bonds. The Morgan fingerprint density at radius 2 is 2.26 bits per heavy atom. The van der Waals surface area contributed by atoms with Gasteiger partial charge in [-0.15, -0.1) is 0 Å². The van der Waals surface area contributed by atoms with Gasteiger partial charge >= 0.3 is 0 Å². The smallest absolute Gasteiger partial charge is 0.247 e. The summed E-state index contributed by atoms with van der Waals surface area (Å²) in [5.74, 6) is 0.820. The molecule has 1 atom stereocenters. The normalized spacial score (nSPS) is 20.4. The van der Waals surface area contributed by atoms with E-state index in [1.54, 1.807) is 24.2 Å². The van der Waals surface area contributed by atoms with Gasteiger partial charge in [-0.05, 0) is 36.2 Å². The van der Waals surface area contributed by atoms with Crippen molar-refractivity contribution in [2.75, 3.05) is 19.0 Å². The van der Waals surface area contributed by atoms with Crippen LogP contribution in [0.3, 0.4) is 0 Å². The molecule has 2 aromatic rings. The van der Waals surface area contributed by atoms with Gasteiger partial charge in [0.05, 0.1) is 35.4 Å². The highest BCUT2D eigenvalue weighted by Gasteiger charge is 2.41. The maximum absolute atomic E-state index is 12.1. The summed E-state index contributed by atoms with van der Waals surface area (Å²) < 4.78 is 7.58. The molecule has 0 aliphatic carbocycles. The molecule has 0 unspecified atom stereocenters. The maximum atomic E-state index is 12.1. The van der Waals surface area contributed by atoms with Crippen molar-refractivity contribution in [3.63, 3.8) is 0 Å². The van der Waals surface area contributed by atoms with E-state index in [0.29, 0.717) is 29.3 Å². The number of amides is 1. The fourth-order valence-electron chi connectivity index (χ4n) is 2.63. The van der Waals surface area contributed by atoms with Crippen molar-refractivity contribution in [1.29, 1.82) is 0 Å². The summed E-state index contributed by atoms with van der Waals surface area (Å²) in [7, 11) is 1.54. The molecule has 0 radical (unpaired) electrons. The van der Waals surface area contributed by atoms with Crippen LogP contribution in [0.1, 0.15) is 19.0 Å². The molecule has 1 aliphatic heterocycles. The van der Waals surface area contributed by atoms with E-state index >= 15 is 0 Å². The summed E-state index contributed by atoms with van der Waals surface area (Å²) in [6, 6.07) is 0. The largest absolute Gasteiger partial charge is 0.480 e. The molecule has 1 saturated heterocycles. The second-order valence-electron chi connectivity index (χ2n) is 5.51. The summed E-state index contributed by atoms with van der Waals surface area (Å²) >= 11 is 3.31. The lowest BCUT2D eigenvalue weighted by molar-refractivity contribution is -0.126. The SMILES string of the molecule is COc1nc(Nc2cnn([C@@]3(C)CCNC3=O)c2C)ncc1Br. The first-order valence-corrected chi connectivity index (χ1v) is 7.92. The van der Waals surface area contributed by atoms with Crippen LogP contribution in [0, 0.1) is 6.92 Å². The molecular formula is C14H17BrN6O2. The Morgan fingerprint density at radius 3 is 2.91 bits per heavy atom. The van der Waals surface area contributed by atoms with Crippen LogP contribution in [0.4, 0.5) is 11.6 Å². The first-order chi connectivity index (χ1) is 11.0. The summed E-state index contributed by atoms with van der Waals surface area (Å²) in [4.78, 5) is 20.6. The number of rotatable bonds is 4. The zero-order valence-electron chi connectivity index (χ0n) is 13.1. The van der Waals surface area contributed by atoms with E-state index in [-0.39, 0.29) is 5.91 Å². The van der Waals surface area contributed by atoms with Gasteiger partial charge in [0.25, 0.3) is 0 Å². The van der Waals surface area contributed by atoms with Gasteiger partial charge < -0.3 is 15.4 Å². The first-order valence-electron chi connectivity index (χ1n) is 7.12. The Hall–Kier alpha value is -2.16. The van der Waals surface area contributed by atoms with Crippen molar-refractivity contribution >= 4 is 33.5 Å². The minimum atomic E-state index is -0.664. The second-order valence-corrected chi connectivity index (χ2v) is 6.37. The summed E-state index contributed by atoms with van der Waals surface area (Å²) in [6.07, 6.45) is 3.99. The van der Waals surface area contributed by atoms with E-state index in [0.717, 1.165) is 11.4 Å². The number of nitrogens with one attached hydrogen (secondary N) is 2. The molecule has 0 aromatic carbocycles. The standard InChI is InChI=1S/C14H17BrN6O2/c1-8-10(19-13-17-6-9(15)11(20-13)23-3)7-18-21(8)14(2)4-5-16-12(14)22/h6-7H,4-5H2,1-3H3,(H,16,22)(H,17,19,20)/t14-/m0/s1. The minimum Gasteiger partial charge on any atom is -0.480 e. The molecule has 2 N–H and O–H groups in total. The summed E-state index contributed by atoms with van der Waals surface area (Å²) in [5.41, 5.74) is 0.924. The first kappa shape index (κ1) is 15.7. The van der Waals surface area contributed by atoms with E-state index in [2.05, 4.69) is 41.6 Å². The van der Waals surface area contributed by atoms with Crippen molar-refractivity contribution in [3.05, 3.63) is 22.6 Å². The third-order valence-corrected chi connectivity index (χ3v) is 4.56. The number of anilines is 2. The number of carbonyl (C=O) groups excluding carboxylic acids is 1. The van der Waals surface area contributed by atoms with Gasteiger partial charge in [0.1, 0.15) is 5.54 Å². The van der Waals surface area contributed by atoms with Gasteiger partial charge in [-0.25, -0.2) is 4.98 Å². The summed E-state index contributed by atoms with van der Waals surface area (Å²) in [6.45, 7) is 4.45. The molecule has 8 nitrogen and oxygen atoms in total. The van der Waals surface area contributed by atoms with Gasteiger partial charge in [0, 0.05) is 6.54 Å². The predicted octanol–water partition coefficient (Wildman–Crippen LogP) is 1.73. The van der Waals surface area contributed by atoms with Gasteiger partial charge in [0.15, 0.2) is 0 Å². The molecule has 3 heterocycles. The maximum Gasteiger partial charge on any atom is 0.247 e. The van der Waals surface area contributed by atoms with Crippen LogP contribution >= 0.6 is 15.9 Å². The molecule has 1 fully saturated rings. The van der Waals surface area contributed by atoms with E-state index < -0.39 is 5.54 Å². The molecule has 122 valence electrons. The van der Waals surface area contributed by atoms with Crippen molar-refractivity contribution in [3.8, 4) is 5.88 Å². The van der Waals surface area contributed by atoms with Crippen molar-refractivity contribution in [2.45, 2.75) is 25.8 Å². The average molecular weight is 381 g/mol. The quantitative estimate of drug-likeness (QED) is 0.838. The monoisotopic (exact) mass is 380 g/mol. The highest BCUT2D eigenvalue weighted by atomic mass is 79.9. The van der Waals surface area contributed by atoms with E-state index in [4.69, 9.17) is 4.74 Å². The Balaban J connectivity index is 1.90. The fourth-order valence-corrected chi connectivity index (χ4v) is 2.98. The van der Waals surface area contributed by atoms with Crippen LogP contribution in [0.5, 0.6) is 5.88 Å². The molecule has 9 heteroatoms. The molecule has 23 heavy (non-hydrogen) atoms. The zero-order valence-corrected chi connectivity index (χ0v) is 14.6. The molecule has 3 rings (SSSR count). The fraction of sp³-hybridized carbons (Fsp3) is 0.429. The molecule has 2 aromatic heterocycles. The van der Waals surface area contributed by atoms with Crippen LogP contribution in [0.15, 0.2) is 16.9 Å². The molecule has 0 bridgehead atoms. The van der Waals surface area contributed by atoms with Crippen LogP contribution in [0.2, 0.25) is 0 Å². The van der Waals surface area contributed by atoms with E-state index in [1.807, 2.05) is 13.8 Å². The highest BCUT2D eigenvalue weighted by molar-refractivity contribution is 9.10. The minimum absolute atomic E-state index is 0.0168. The lowest BCUT2D eigenvalue weighted by atomic mass is 10.0. The van der Waals surface area contributed by atoms with Gasteiger partial charge in [-0.3, -0.25) is 9.48 Å². The lowest BCUT2D eigenvalue weighted by Crippen LogP contribution is -2.39. The van der Waals surface area contributed by atoms with Gasteiger partial charge in [-0.1, -0.05) is 0 Å². The summed E-state index contributed by atoms with van der Waals surface area (Å²) in [5, 5.41) is 10.3. The number of ether oxygens (including phenoxy) is 1. The van der Waals surface area contributed by atoms with Gasteiger partial charge in [0.2, 0.25) is 17.7 Å². The topological polar surface area (TPSA) is 94.0 Å². The molecule has 0 spiro atoms. The predicted molar refractivity (Wildman–Crippen MR) is 87.8 cm³/mol. The van der Waals surface area contributed by atoms with Crippen molar-refractivity contribution in [2.24, 2.45) is 0 Å². The van der Waals surface area contributed by atoms with Crippen LogP contribution in [-0.4, -0.2) is 39.3 Å². The number of methoxy groups -OCH3 is 1. The highest BCUT2D eigenvalue weighted by Crippen LogP contribution is 2.30. The Kier molecular flexibility index (Phi) is 3.97. The van der Waals surface area contributed by atoms with Crippen LogP contribution < -0.4 is 15.4 Å². The number of nitrogens with zero attached hydrogens (tertiary/aromatic N) is 4. The molecule has 1 aliphatic rings. The third-order valence-electron chi connectivity index (χ3n) is 4.02. The molecule has 0 saturated carbocycles. The zero-order chi connectivity index (χ0) is 16.6. The number of hydrogen-bond acceptors (Lipinski definition) is 6. The Bertz CT molecular complexity index is 762. The Morgan fingerprint density at radius 1 is 1.48 bits per heavy atom. The van der Waals surface area contributed by atoms with Crippen molar-refractivity contribution in [1.82, 2.24) is 25.1 Å². The van der Waals surface area contributed by atoms with E-state index in [9.17, 15) is 4.79 Å². The number of halogens is 1. The number of hydrogen-bond donors (Lipinski definition) is 2. The third kappa shape index (κ3) is 2.65. The number of aromatic nitrogens is 4. The van der Waals surface area contributed by atoms with Gasteiger partial charge in [-0.2, -0.15) is 10.1 Å². The lowest BCUT2D eigenvalue weighted by Gasteiger charge is -2.23. The molecular weight excluding hydrogens is 364 g/mol. The van der Waals surface area contributed by atoms with Crippen LogP contribution in [-0.2, 0) is 10.3 Å².